The molecule has 0 fully saturated rings. The van der Waals surface area contributed by atoms with Crippen molar-refractivity contribution in [2.24, 2.45) is 0 Å². The Morgan fingerprint density at radius 2 is 1.56 bits per heavy atom. The van der Waals surface area contributed by atoms with Crippen molar-refractivity contribution in [1.29, 1.82) is 0 Å². The average Bonchev–Trinajstić information content (AvgIpc) is 2.92. The van der Waals surface area contributed by atoms with Gasteiger partial charge in [0, 0.05) is 24.4 Å². The maximum absolute atomic E-state index is 14.0. The van der Waals surface area contributed by atoms with Crippen LogP contribution in [0.3, 0.4) is 0 Å². The first-order valence-corrected chi connectivity index (χ1v) is 14.7. The van der Waals surface area contributed by atoms with Crippen LogP contribution in [0.4, 0.5) is 0 Å². The van der Waals surface area contributed by atoms with Gasteiger partial charge in [0.05, 0.1) is 15.6 Å². The molecule has 0 aliphatic heterocycles. The molecule has 4 aromatic rings. The summed E-state index contributed by atoms with van der Waals surface area (Å²) in [6.45, 7) is 5.93. The number of pyridine rings is 1. The second-order valence-corrected chi connectivity index (χ2v) is 11.4. The summed E-state index contributed by atoms with van der Waals surface area (Å²) in [5.41, 5.74) is 1.56. The Morgan fingerprint density at radius 3 is 2.15 bits per heavy atom. The Morgan fingerprint density at radius 1 is 0.923 bits per heavy atom. The van der Waals surface area contributed by atoms with E-state index in [1.54, 1.807) is 0 Å². The van der Waals surface area contributed by atoms with Gasteiger partial charge in [-0.25, -0.2) is 8.42 Å². The molecule has 0 atom stereocenters. The second-order valence-electron chi connectivity index (χ2n) is 9.11. The lowest BCUT2D eigenvalue weighted by atomic mass is 10.0. The molecule has 2 heterocycles. The zero-order chi connectivity index (χ0) is 28.3. The summed E-state index contributed by atoms with van der Waals surface area (Å²) in [6, 6.07) is 13.9. The maximum Gasteiger partial charge on any atom is 0.281 e. The highest BCUT2D eigenvalue weighted by Gasteiger charge is 2.31. The first-order valence-electron chi connectivity index (χ1n) is 12.8. The Kier molecular flexibility index (Phi) is 8.42. The number of benzene rings is 2. The smallest absolute Gasteiger partial charge is 0.281 e. The lowest BCUT2D eigenvalue weighted by Gasteiger charge is -2.20. The van der Waals surface area contributed by atoms with Crippen LogP contribution >= 0.6 is 11.6 Å². The number of rotatable bonds is 9. The van der Waals surface area contributed by atoms with E-state index in [9.17, 15) is 23.1 Å². The molecule has 0 amide bonds. The van der Waals surface area contributed by atoms with Crippen LogP contribution in [0.15, 0.2) is 80.2 Å². The number of unbranched alkanes of at least 4 members (excludes halogenated alkanes) is 1. The van der Waals surface area contributed by atoms with Gasteiger partial charge in [-0.15, -0.1) is 0 Å². The van der Waals surface area contributed by atoms with Crippen LogP contribution < -0.4 is 11.1 Å². The fourth-order valence-corrected chi connectivity index (χ4v) is 6.07. The van der Waals surface area contributed by atoms with E-state index in [0.717, 1.165) is 17.5 Å². The van der Waals surface area contributed by atoms with Gasteiger partial charge >= 0.3 is 0 Å². The van der Waals surface area contributed by atoms with Gasteiger partial charge in [0.2, 0.25) is 15.7 Å². The number of aryl methyl sites for hydroxylation is 3. The van der Waals surface area contributed by atoms with Crippen molar-refractivity contribution >= 4 is 21.4 Å². The maximum atomic E-state index is 14.0. The normalized spacial score (nSPS) is 11.6. The van der Waals surface area contributed by atoms with Crippen LogP contribution in [-0.4, -0.2) is 27.6 Å². The quantitative estimate of drug-likeness (QED) is 0.303. The molecular weight excluding hydrogens is 538 g/mol. The van der Waals surface area contributed by atoms with Crippen molar-refractivity contribution in [2.75, 3.05) is 0 Å². The molecule has 0 unspecified atom stereocenters. The fourth-order valence-electron chi connectivity index (χ4n) is 4.57. The molecule has 0 aliphatic carbocycles. The Labute approximate surface area is 232 Å². The molecule has 39 heavy (non-hydrogen) atoms. The molecule has 0 aliphatic rings. The highest BCUT2D eigenvalue weighted by atomic mass is 35.5. The second kappa shape index (κ2) is 11.6. The first-order chi connectivity index (χ1) is 18.6. The molecule has 10 heteroatoms. The van der Waals surface area contributed by atoms with Crippen LogP contribution in [-0.2, 0) is 29.1 Å². The molecule has 8 nitrogen and oxygen atoms in total. The molecule has 0 bridgehead atoms. The molecule has 2 aromatic carbocycles. The van der Waals surface area contributed by atoms with Gasteiger partial charge in [-0.05, 0) is 60.7 Å². The number of hydrogen-bond acceptors (Lipinski definition) is 6. The van der Waals surface area contributed by atoms with E-state index in [0.29, 0.717) is 47.9 Å². The van der Waals surface area contributed by atoms with E-state index in [1.807, 2.05) is 39.0 Å². The van der Waals surface area contributed by atoms with Crippen LogP contribution in [0.1, 0.15) is 50.6 Å². The van der Waals surface area contributed by atoms with Crippen molar-refractivity contribution in [3.63, 3.8) is 0 Å². The summed E-state index contributed by atoms with van der Waals surface area (Å²) in [4.78, 5) is 29.5. The van der Waals surface area contributed by atoms with Crippen molar-refractivity contribution < 1.29 is 13.5 Å². The monoisotopic (exact) mass is 567 g/mol. The predicted molar refractivity (Wildman–Crippen MR) is 151 cm³/mol. The van der Waals surface area contributed by atoms with Crippen LogP contribution in [0.5, 0.6) is 5.88 Å². The van der Waals surface area contributed by atoms with Crippen LogP contribution in [0.25, 0.3) is 11.4 Å². The molecule has 4 rings (SSSR count). The van der Waals surface area contributed by atoms with Crippen LogP contribution in [0, 0.1) is 0 Å². The van der Waals surface area contributed by atoms with Crippen molar-refractivity contribution in [3.8, 4) is 17.3 Å². The van der Waals surface area contributed by atoms with Gasteiger partial charge in [0.15, 0.2) is 4.90 Å². The molecule has 204 valence electrons. The van der Waals surface area contributed by atoms with Gasteiger partial charge in [0.25, 0.3) is 11.1 Å². The van der Waals surface area contributed by atoms with Crippen LogP contribution in [0.2, 0.25) is 5.02 Å². The van der Waals surface area contributed by atoms with Gasteiger partial charge in [-0.2, -0.15) is 4.98 Å². The van der Waals surface area contributed by atoms with Gasteiger partial charge in [0.1, 0.15) is 5.82 Å². The average molecular weight is 568 g/mol. The minimum Gasteiger partial charge on any atom is -0.492 e. The number of aromatic nitrogens is 3. The topological polar surface area (TPSA) is 111 Å². The number of aromatic hydroxyl groups is 1. The minimum absolute atomic E-state index is 0.220. The van der Waals surface area contributed by atoms with E-state index in [4.69, 9.17) is 11.6 Å². The lowest BCUT2D eigenvalue weighted by molar-refractivity contribution is 0.424. The van der Waals surface area contributed by atoms with Crippen molar-refractivity contribution in [2.45, 2.75) is 62.7 Å². The molecule has 2 aromatic heterocycles. The van der Waals surface area contributed by atoms with Gasteiger partial charge < -0.3 is 5.11 Å². The summed E-state index contributed by atoms with van der Waals surface area (Å²) in [5.74, 6) is -0.519. The van der Waals surface area contributed by atoms with E-state index in [-0.39, 0.29) is 10.5 Å². The third-order valence-electron chi connectivity index (χ3n) is 6.60. The van der Waals surface area contributed by atoms with E-state index < -0.39 is 26.2 Å². The minimum atomic E-state index is -4.48. The van der Waals surface area contributed by atoms with Gasteiger partial charge in [-0.1, -0.05) is 57.0 Å². The number of para-hydroxylation sites is 1. The summed E-state index contributed by atoms with van der Waals surface area (Å²) in [5, 5.41) is 11.2. The fraction of sp³-hybridized carbons (Fsp3) is 0.276. The largest absolute Gasteiger partial charge is 0.492 e. The number of hydrogen-bond donors (Lipinski definition) is 1. The number of sulfone groups is 1. The highest BCUT2D eigenvalue weighted by Crippen LogP contribution is 2.29. The first kappa shape index (κ1) is 28.3. The zero-order valence-electron chi connectivity index (χ0n) is 22.0. The van der Waals surface area contributed by atoms with E-state index in [1.165, 1.54) is 51.7 Å². The molecule has 1 N–H and O–H groups in total. The molecule has 0 radical (unpaired) electrons. The predicted octanol–water partition coefficient (Wildman–Crippen LogP) is 5.04. The molecule has 0 saturated heterocycles. The molecule has 0 spiro atoms. The summed E-state index contributed by atoms with van der Waals surface area (Å²) < 4.78 is 30.2. The van der Waals surface area contributed by atoms with Crippen molar-refractivity contribution in [3.05, 3.63) is 103 Å². The SMILES string of the molecule is CCCCc1nc(O)c(S(=O)(=O)c2ccc(-n3cc(Cl)ccc3=O)cc2)c(=O)n1-c1c(CC)cccc1CC. The third kappa shape index (κ3) is 5.42. The standard InChI is InChI=1S/C29H30ClN3O5S/c1-4-7-11-24-31-28(35)27(29(36)33(24)26-19(5-2)9-8-10-20(26)6-3)39(37,38)23-15-13-22(14-16-23)32-18-21(30)12-17-25(32)34/h8-10,12-18,35H,4-7,11H2,1-3H3. The van der Waals surface area contributed by atoms with Crippen molar-refractivity contribution in [1.82, 2.24) is 14.1 Å². The molecular formula is C29H30ClN3O5S. The third-order valence-corrected chi connectivity index (χ3v) is 8.62. The van der Waals surface area contributed by atoms with Gasteiger partial charge in [-0.3, -0.25) is 18.7 Å². The Hall–Kier alpha value is -3.69. The number of nitrogens with zero attached hydrogens (tertiary/aromatic N) is 3. The summed E-state index contributed by atoms with van der Waals surface area (Å²) in [7, 11) is -4.48. The Bertz CT molecular complexity index is 1720. The molecule has 0 saturated carbocycles. The summed E-state index contributed by atoms with van der Waals surface area (Å²) >= 11 is 6.01. The number of halogens is 1. The highest BCUT2D eigenvalue weighted by molar-refractivity contribution is 7.91. The summed E-state index contributed by atoms with van der Waals surface area (Å²) in [6.07, 6.45) is 4.59. The van der Waals surface area contributed by atoms with E-state index >= 15 is 0 Å². The lowest BCUT2D eigenvalue weighted by Crippen LogP contribution is -2.30. The van der Waals surface area contributed by atoms with E-state index in [2.05, 4.69) is 4.98 Å². The Balaban J connectivity index is 1.94. The zero-order valence-corrected chi connectivity index (χ0v) is 23.6.